The number of carbonyl (C=O) groups is 1. The van der Waals surface area contributed by atoms with Crippen LogP contribution in [-0.2, 0) is 4.79 Å². The van der Waals surface area contributed by atoms with Gasteiger partial charge in [0.25, 0.3) is 0 Å². The van der Waals surface area contributed by atoms with Crippen molar-refractivity contribution in [3.05, 3.63) is 0 Å². The summed E-state index contributed by atoms with van der Waals surface area (Å²) in [7, 11) is 3.86. The Bertz CT molecular complexity index is 215. The van der Waals surface area contributed by atoms with E-state index in [9.17, 15) is 4.79 Å². The molecule has 0 aromatic carbocycles. The van der Waals surface area contributed by atoms with Crippen LogP contribution in [0, 0.1) is 0 Å². The molecule has 1 unspecified atom stereocenters. The molecule has 0 bridgehead atoms. The van der Waals surface area contributed by atoms with Crippen molar-refractivity contribution in [1.82, 2.24) is 10.2 Å². The van der Waals surface area contributed by atoms with Gasteiger partial charge < -0.3 is 10.2 Å². The number of amides is 1. The first-order valence-electron chi connectivity index (χ1n) is 5.64. The van der Waals surface area contributed by atoms with Crippen molar-refractivity contribution in [3.8, 4) is 0 Å². The molecule has 0 spiro atoms. The van der Waals surface area contributed by atoms with Crippen LogP contribution in [0.2, 0.25) is 0 Å². The van der Waals surface area contributed by atoms with Crippen molar-refractivity contribution >= 4 is 17.7 Å². The SMILES string of the molecule is CNCCCN(C)C(=O)C1(C)CCCS1. The van der Waals surface area contributed by atoms with Gasteiger partial charge in [0, 0.05) is 13.6 Å². The molecule has 0 aromatic heterocycles. The second-order valence-corrected chi connectivity index (χ2v) is 5.96. The Hall–Kier alpha value is -0.220. The van der Waals surface area contributed by atoms with Crippen molar-refractivity contribution in [3.63, 3.8) is 0 Å². The maximum Gasteiger partial charge on any atom is 0.238 e. The number of nitrogens with zero attached hydrogens (tertiary/aromatic N) is 1. The fraction of sp³-hybridized carbons (Fsp3) is 0.909. The number of hydrogen-bond acceptors (Lipinski definition) is 3. The number of rotatable bonds is 5. The largest absolute Gasteiger partial charge is 0.345 e. The Labute approximate surface area is 97.0 Å². The van der Waals surface area contributed by atoms with Crippen LogP contribution < -0.4 is 5.32 Å². The third kappa shape index (κ3) is 3.38. The summed E-state index contributed by atoms with van der Waals surface area (Å²) in [5.74, 6) is 1.44. The van der Waals surface area contributed by atoms with E-state index in [1.807, 2.05) is 30.8 Å². The van der Waals surface area contributed by atoms with E-state index in [-0.39, 0.29) is 4.75 Å². The maximum atomic E-state index is 12.1. The van der Waals surface area contributed by atoms with Crippen LogP contribution in [0.5, 0.6) is 0 Å². The van der Waals surface area contributed by atoms with Gasteiger partial charge in [-0.25, -0.2) is 0 Å². The van der Waals surface area contributed by atoms with E-state index in [1.165, 1.54) is 6.42 Å². The quantitative estimate of drug-likeness (QED) is 0.723. The summed E-state index contributed by atoms with van der Waals surface area (Å²) in [4.78, 5) is 14.0. The van der Waals surface area contributed by atoms with Gasteiger partial charge in [-0.15, -0.1) is 11.8 Å². The Morgan fingerprint density at radius 1 is 1.60 bits per heavy atom. The molecular weight excluding hydrogens is 208 g/mol. The molecule has 3 nitrogen and oxygen atoms in total. The predicted molar refractivity (Wildman–Crippen MR) is 66.3 cm³/mol. The molecule has 1 amide bonds. The van der Waals surface area contributed by atoms with Crippen molar-refractivity contribution < 1.29 is 4.79 Å². The Morgan fingerprint density at radius 3 is 2.87 bits per heavy atom. The number of thioether (sulfide) groups is 1. The Balaban J connectivity index is 2.38. The molecule has 1 aliphatic heterocycles. The van der Waals surface area contributed by atoms with Crippen LogP contribution in [0.3, 0.4) is 0 Å². The third-order valence-corrected chi connectivity index (χ3v) is 4.45. The van der Waals surface area contributed by atoms with Gasteiger partial charge in [0.2, 0.25) is 5.91 Å². The lowest BCUT2D eigenvalue weighted by molar-refractivity contribution is -0.132. The van der Waals surface area contributed by atoms with Gasteiger partial charge in [0.1, 0.15) is 0 Å². The number of hydrogen-bond donors (Lipinski definition) is 1. The van der Waals surface area contributed by atoms with Gasteiger partial charge in [-0.2, -0.15) is 0 Å². The van der Waals surface area contributed by atoms with Gasteiger partial charge in [0.15, 0.2) is 0 Å². The molecule has 1 saturated heterocycles. The second kappa shape index (κ2) is 5.75. The van der Waals surface area contributed by atoms with Gasteiger partial charge >= 0.3 is 0 Å². The van der Waals surface area contributed by atoms with Crippen molar-refractivity contribution in [1.29, 1.82) is 0 Å². The van der Waals surface area contributed by atoms with Gasteiger partial charge in [0.05, 0.1) is 4.75 Å². The molecular formula is C11H22N2OS. The molecule has 1 aliphatic rings. The summed E-state index contributed by atoms with van der Waals surface area (Å²) >= 11 is 1.81. The van der Waals surface area contributed by atoms with Gasteiger partial charge in [-0.05, 0) is 45.5 Å². The molecule has 4 heteroatoms. The highest BCUT2D eigenvalue weighted by Crippen LogP contribution is 2.38. The van der Waals surface area contributed by atoms with Crippen LogP contribution in [0.1, 0.15) is 26.2 Å². The zero-order chi connectivity index (χ0) is 11.3. The lowest BCUT2D eigenvalue weighted by Gasteiger charge is -2.28. The summed E-state index contributed by atoms with van der Waals surface area (Å²) in [6, 6.07) is 0. The van der Waals surface area contributed by atoms with E-state index in [0.29, 0.717) is 5.91 Å². The first-order chi connectivity index (χ1) is 7.10. The van der Waals surface area contributed by atoms with E-state index < -0.39 is 0 Å². The zero-order valence-electron chi connectivity index (χ0n) is 10.0. The highest BCUT2D eigenvalue weighted by Gasteiger charge is 2.38. The molecule has 0 aliphatic carbocycles. The molecule has 0 radical (unpaired) electrons. The Kier molecular flexibility index (Phi) is 4.93. The van der Waals surface area contributed by atoms with Crippen LogP contribution in [0.25, 0.3) is 0 Å². The summed E-state index contributed by atoms with van der Waals surface area (Å²) < 4.78 is -0.144. The maximum absolute atomic E-state index is 12.1. The fourth-order valence-electron chi connectivity index (χ4n) is 1.95. The van der Waals surface area contributed by atoms with E-state index in [2.05, 4.69) is 12.2 Å². The van der Waals surface area contributed by atoms with Crippen molar-refractivity contribution in [2.45, 2.75) is 30.9 Å². The normalized spacial score (nSPS) is 25.5. The lowest BCUT2D eigenvalue weighted by atomic mass is 10.0. The monoisotopic (exact) mass is 230 g/mol. The summed E-state index contributed by atoms with van der Waals surface area (Å²) in [5.41, 5.74) is 0. The van der Waals surface area contributed by atoms with E-state index >= 15 is 0 Å². The predicted octanol–water partition coefficient (Wildman–Crippen LogP) is 1.34. The first kappa shape index (κ1) is 12.8. The molecule has 1 N–H and O–H groups in total. The molecule has 88 valence electrons. The molecule has 1 atom stereocenters. The smallest absolute Gasteiger partial charge is 0.238 e. The highest BCUT2D eigenvalue weighted by molar-refractivity contribution is 8.01. The van der Waals surface area contributed by atoms with Crippen LogP contribution in [-0.4, -0.2) is 48.5 Å². The lowest BCUT2D eigenvalue weighted by Crippen LogP contribution is -2.42. The molecule has 0 saturated carbocycles. The third-order valence-electron chi connectivity index (χ3n) is 2.94. The van der Waals surface area contributed by atoms with Crippen molar-refractivity contribution in [2.75, 3.05) is 32.9 Å². The summed E-state index contributed by atoms with van der Waals surface area (Å²) in [5, 5.41) is 3.10. The minimum absolute atomic E-state index is 0.144. The summed E-state index contributed by atoms with van der Waals surface area (Å²) in [6.45, 7) is 3.92. The molecule has 1 rings (SSSR count). The average Bonchev–Trinajstić information content (AvgIpc) is 2.65. The zero-order valence-corrected chi connectivity index (χ0v) is 10.8. The second-order valence-electron chi connectivity index (χ2n) is 4.37. The average molecular weight is 230 g/mol. The van der Waals surface area contributed by atoms with Gasteiger partial charge in [-0.1, -0.05) is 0 Å². The minimum Gasteiger partial charge on any atom is -0.345 e. The molecule has 15 heavy (non-hydrogen) atoms. The van der Waals surface area contributed by atoms with E-state index in [4.69, 9.17) is 0 Å². The van der Waals surface area contributed by atoms with Crippen LogP contribution >= 0.6 is 11.8 Å². The van der Waals surface area contributed by atoms with Gasteiger partial charge in [-0.3, -0.25) is 4.79 Å². The molecule has 1 heterocycles. The number of carbonyl (C=O) groups excluding carboxylic acids is 1. The molecule has 1 fully saturated rings. The number of nitrogens with one attached hydrogen (secondary N) is 1. The minimum atomic E-state index is -0.144. The highest BCUT2D eigenvalue weighted by atomic mass is 32.2. The van der Waals surface area contributed by atoms with Crippen LogP contribution in [0.4, 0.5) is 0 Å². The van der Waals surface area contributed by atoms with Crippen molar-refractivity contribution in [2.24, 2.45) is 0 Å². The summed E-state index contributed by atoms with van der Waals surface area (Å²) in [6.07, 6.45) is 3.24. The first-order valence-corrected chi connectivity index (χ1v) is 6.63. The topological polar surface area (TPSA) is 32.3 Å². The molecule has 0 aromatic rings. The standard InChI is InChI=1S/C11H22N2OS/c1-11(6-4-9-15-11)10(14)13(3)8-5-7-12-2/h12H,4-9H2,1-3H3. The van der Waals surface area contributed by atoms with E-state index in [0.717, 1.165) is 31.7 Å². The Morgan fingerprint density at radius 2 is 2.33 bits per heavy atom. The van der Waals surface area contributed by atoms with E-state index in [1.54, 1.807) is 0 Å². The van der Waals surface area contributed by atoms with Crippen LogP contribution in [0.15, 0.2) is 0 Å². The fourth-order valence-corrected chi connectivity index (χ4v) is 3.25.